The standard InChI is InChI=1S/C11H15N3O2.ClH/c12-10-3-4-13-7-9(10)11(15)14-6-8-2-1-5-16-8;/h3-4,7-8H,1-2,5-6H2,(H2,12,13)(H,14,15);1H. The fourth-order valence-corrected chi connectivity index (χ4v) is 1.70. The molecule has 0 bridgehead atoms. The Hall–Kier alpha value is -1.33. The number of carbonyl (C=O) groups excluding carboxylic acids is 1. The van der Waals surface area contributed by atoms with E-state index in [0.717, 1.165) is 19.4 Å². The SMILES string of the molecule is Cl.Nc1ccncc1C(=O)NCC1CCCO1. The van der Waals surface area contributed by atoms with E-state index in [9.17, 15) is 4.79 Å². The molecule has 0 spiro atoms. The van der Waals surface area contributed by atoms with Crippen LogP contribution in [-0.2, 0) is 4.74 Å². The highest BCUT2D eigenvalue weighted by atomic mass is 35.5. The van der Waals surface area contributed by atoms with Crippen LogP contribution >= 0.6 is 12.4 Å². The normalized spacial score (nSPS) is 18.5. The van der Waals surface area contributed by atoms with Crippen LogP contribution < -0.4 is 11.1 Å². The van der Waals surface area contributed by atoms with Crippen LogP contribution in [-0.4, -0.2) is 30.1 Å². The highest BCUT2D eigenvalue weighted by Crippen LogP contribution is 2.12. The number of aromatic nitrogens is 1. The molecule has 1 amide bonds. The molecule has 2 heterocycles. The highest BCUT2D eigenvalue weighted by molar-refractivity contribution is 5.98. The van der Waals surface area contributed by atoms with Gasteiger partial charge in [0, 0.05) is 31.2 Å². The fourth-order valence-electron chi connectivity index (χ4n) is 1.70. The van der Waals surface area contributed by atoms with Gasteiger partial charge in [-0.1, -0.05) is 0 Å². The Balaban J connectivity index is 0.00000144. The number of anilines is 1. The first-order chi connectivity index (χ1) is 7.77. The van der Waals surface area contributed by atoms with Crippen LogP contribution in [0.25, 0.3) is 0 Å². The molecule has 1 aromatic heterocycles. The van der Waals surface area contributed by atoms with E-state index in [1.54, 1.807) is 12.3 Å². The summed E-state index contributed by atoms with van der Waals surface area (Å²) in [6.07, 6.45) is 5.24. The number of halogens is 1. The van der Waals surface area contributed by atoms with Gasteiger partial charge in [0.05, 0.1) is 11.7 Å². The number of rotatable bonds is 3. The maximum Gasteiger partial charge on any atom is 0.255 e. The van der Waals surface area contributed by atoms with Crippen molar-refractivity contribution in [3.63, 3.8) is 0 Å². The summed E-state index contributed by atoms with van der Waals surface area (Å²) in [4.78, 5) is 15.6. The van der Waals surface area contributed by atoms with E-state index in [2.05, 4.69) is 10.3 Å². The van der Waals surface area contributed by atoms with Gasteiger partial charge in [0.2, 0.25) is 0 Å². The van der Waals surface area contributed by atoms with E-state index < -0.39 is 0 Å². The molecule has 0 saturated carbocycles. The summed E-state index contributed by atoms with van der Waals surface area (Å²) in [6.45, 7) is 1.32. The number of pyridine rings is 1. The smallest absolute Gasteiger partial charge is 0.255 e. The number of hydrogen-bond donors (Lipinski definition) is 2. The van der Waals surface area contributed by atoms with E-state index in [1.165, 1.54) is 6.20 Å². The molecule has 0 aromatic carbocycles. The average molecular weight is 258 g/mol. The quantitative estimate of drug-likeness (QED) is 0.847. The van der Waals surface area contributed by atoms with Gasteiger partial charge in [-0.2, -0.15) is 0 Å². The van der Waals surface area contributed by atoms with E-state index in [1.807, 2.05) is 0 Å². The Morgan fingerprint density at radius 2 is 2.47 bits per heavy atom. The first kappa shape index (κ1) is 13.7. The Bertz CT molecular complexity index is 381. The largest absolute Gasteiger partial charge is 0.398 e. The lowest BCUT2D eigenvalue weighted by Crippen LogP contribution is -2.32. The van der Waals surface area contributed by atoms with Crippen LogP contribution in [0.3, 0.4) is 0 Å². The van der Waals surface area contributed by atoms with Crippen molar-refractivity contribution in [2.75, 3.05) is 18.9 Å². The van der Waals surface area contributed by atoms with E-state index in [0.29, 0.717) is 17.8 Å². The number of nitrogen functional groups attached to an aromatic ring is 1. The molecule has 1 atom stereocenters. The molecule has 5 nitrogen and oxygen atoms in total. The Morgan fingerprint density at radius 3 is 3.12 bits per heavy atom. The van der Waals surface area contributed by atoms with Crippen LogP contribution in [0.1, 0.15) is 23.2 Å². The number of nitrogens with two attached hydrogens (primary N) is 1. The van der Waals surface area contributed by atoms with E-state index in [-0.39, 0.29) is 24.4 Å². The zero-order valence-electron chi connectivity index (χ0n) is 9.39. The number of nitrogens with zero attached hydrogens (tertiary/aromatic N) is 1. The van der Waals surface area contributed by atoms with E-state index >= 15 is 0 Å². The van der Waals surface area contributed by atoms with E-state index in [4.69, 9.17) is 10.5 Å². The van der Waals surface area contributed by atoms with Crippen LogP contribution in [0, 0.1) is 0 Å². The number of nitrogens with one attached hydrogen (secondary N) is 1. The maximum atomic E-state index is 11.7. The van der Waals surface area contributed by atoms with Crippen LogP contribution in [0.2, 0.25) is 0 Å². The minimum Gasteiger partial charge on any atom is -0.398 e. The fraction of sp³-hybridized carbons (Fsp3) is 0.455. The summed E-state index contributed by atoms with van der Waals surface area (Å²) in [6, 6.07) is 1.61. The van der Waals surface area contributed by atoms with Gasteiger partial charge in [-0.15, -0.1) is 12.4 Å². The minimum absolute atomic E-state index is 0. The summed E-state index contributed by atoms with van der Waals surface area (Å²) in [5.41, 5.74) is 6.53. The Kier molecular flexibility index (Phi) is 5.18. The van der Waals surface area contributed by atoms with Gasteiger partial charge >= 0.3 is 0 Å². The summed E-state index contributed by atoms with van der Waals surface area (Å²) >= 11 is 0. The summed E-state index contributed by atoms with van der Waals surface area (Å²) in [7, 11) is 0. The van der Waals surface area contributed by atoms with Crippen molar-refractivity contribution < 1.29 is 9.53 Å². The van der Waals surface area contributed by atoms with Crippen LogP contribution in [0.4, 0.5) is 5.69 Å². The molecule has 17 heavy (non-hydrogen) atoms. The summed E-state index contributed by atoms with van der Waals surface area (Å²) < 4.78 is 5.41. The number of hydrogen-bond acceptors (Lipinski definition) is 4. The van der Waals surface area contributed by atoms with Crippen molar-refractivity contribution in [3.8, 4) is 0 Å². The predicted octanol–water partition coefficient (Wildman–Crippen LogP) is 0.994. The molecular weight excluding hydrogens is 242 g/mol. The van der Waals surface area contributed by atoms with Gasteiger partial charge in [0.15, 0.2) is 0 Å². The average Bonchev–Trinajstić information content (AvgIpc) is 2.79. The monoisotopic (exact) mass is 257 g/mol. The Morgan fingerprint density at radius 1 is 1.65 bits per heavy atom. The molecule has 0 radical (unpaired) electrons. The summed E-state index contributed by atoms with van der Waals surface area (Å²) in [5, 5.41) is 2.80. The zero-order valence-corrected chi connectivity index (χ0v) is 10.2. The predicted molar refractivity (Wildman–Crippen MR) is 67.2 cm³/mol. The second kappa shape index (κ2) is 6.42. The molecular formula is C11H16ClN3O2. The van der Waals surface area contributed by atoms with Crippen molar-refractivity contribution in [3.05, 3.63) is 24.0 Å². The molecule has 0 aliphatic carbocycles. The number of carbonyl (C=O) groups is 1. The van der Waals surface area contributed by atoms with Crippen molar-refractivity contribution in [1.29, 1.82) is 0 Å². The molecule has 2 rings (SSSR count). The lowest BCUT2D eigenvalue weighted by Gasteiger charge is -2.11. The molecule has 1 aromatic rings. The molecule has 1 unspecified atom stereocenters. The first-order valence-electron chi connectivity index (χ1n) is 5.36. The lowest BCUT2D eigenvalue weighted by molar-refractivity contribution is 0.0858. The van der Waals surface area contributed by atoms with Gasteiger partial charge < -0.3 is 15.8 Å². The topological polar surface area (TPSA) is 77.2 Å². The first-order valence-corrected chi connectivity index (χ1v) is 5.36. The molecule has 6 heteroatoms. The molecule has 94 valence electrons. The molecule has 1 fully saturated rings. The van der Waals surface area contributed by atoms with Crippen molar-refractivity contribution in [1.82, 2.24) is 10.3 Å². The Labute approximate surface area is 106 Å². The third kappa shape index (κ3) is 3.57. The van der Waals surface area contributed by atoms with Crippen molar-refractivity contribution in [2.24, 2.45) is 0 Å². The molecule has 3 N–H and O–H groups in total. The second-order valence-electron chi connectivity index (χ2n) is 3.81. The minimum atomic E-state index is -0.193. The zero-order chi connectivity index (χ0) is 11.4. The van der Waals surface area contributed by atoms with Gasteiger partial charge in [-0.05, 0) is 18.9 Å². The number of amides is 1. The second-order valence-corrected chi connectivity index (χ2v) is 3.81. The molecule has 1 aliphatic heterocycles. The third-order valence-corrected chi connectivity index (χ3v) is 2.61. The van der Waals surface area contributed by atoms with Crippen LogP contribution in [0.5, 0.6) is 0 Å². The van der Waals surface area contributed by atoms with Gasteiger partial charge in [-0.3, -0.25) is 9.78 Å². The van der Waals surface area contributed by atoms with Gasteiger partial charge in [-0.25, -0.2) is 0 Å². The van der Waals surface area contributed by atoms with Crippen molar-refractivity contribution in [2.45, 2.75) is 18.9 Å². The van der Waals surface area contributed by atoms with Crippen molar-refractivity contribution >= 4 is 24.0 Å². The van der Waals surface area contributed by atoms with Gasteiger partial charge in [0.1, 0.15) is 0 Å². The number of ether oxygens (including phenoxy) is 1. The lowest BCUT2D eigenvalue weighted by atomic mass is 10.2. The highest BCUT2D eigenvalue weighted by Gasteiger charge is 2.17. The summed E-state index contributed by atoms with van der Waals surface area (Å²) in [5.74, 6) is -0.193. The van der Waals surface area contributed by atoms with Gasteiger partial charge in [0.25, 0.3) is 5.91 Å². The molecule has 1 aliphatic rings. The molecule has 1 saturated heterocycles. The maximum absolute atomic E-state index is 11.7. The van der Waals surface area contributed by atoms with Crippen LogP contribution in [0.15, 0.2) is 18.5 Å². The third-order valence-electron chi connectivity index (χ3n) is 2.61.